The van der Waals surface area contributed by atoms with E-state index in [1.54, 1.807) is 6.07 Å². The SMILES string of the molecule is Cc1cc(Cl)c(N)c(N)n1. The number of hydrogen-bond acceptors (Lipinski definition) is 3. The van der Waals surface area contributed by atoms with Gasteiger partial charge in [0.25, 0.3) is 0 Å². The minimum absolute atomic E-state index is 0.296. The molecule has 54 valence electrons. The van der Waals surface area contributed by atoms with Gasteiger partial charge in [0.1, 0.15) is 5.82 Å². The molecular formula is C6H8ClN3. The van der Waals surface area contributed by atoms with Crippen molar-refractivity contribution in [2.75, 3.05) is 11.5 Å². The van der Waals surface area contributed by atoms with E-state index in [4.69, 9.17) is 23.1 Å². The third-order valence-electron chi connectivity index (χ3n) is 1.17. The second kappa shape index (κ2) is 2.34. The van der Waals surface area contributed by atoms with Crippen molar-refractivity contribution >= 4 is 23.1 Å². The van der Waals surface area contributed by atoms with E-state index in [-0.39, 0.29) is 0 Å². The van der Waals surface area contributed by atoms with E-state index in [1.165, 1.54) is 0 Å². The van der Waals surface area contributed by atoms with Crippen LogP contribution in [0.15, 0.2) is 6.07 Å². The zero-order valence-corrected chi connectivity index (χ0v) is 6.31. The van der Waals surface area contributed by atoms with Crippen LogP contribution in [0.1, 0.15) is 5.69 Å². The standard InChI is InChI=1S/C6H8ClN3/c1-3-2-4(7)5(8)6(9)10-3/h2H,8H2,1H3,(H2,9,10). The maximum absolute atomic E-state index is 5.67. The molecule has 4 heteroatoms. The average Bonchev–Trinajstić information content (AvgIpc) is 1.82. The van der Waals surface area contributed by atoms with Gasteiger partial charge in [0, 0.05) is 5.69 Å². The summed E-state index contributed by atoms with van der Waals surface area (Å²) < 4.78 is 0. The minimum Gasteiger partial charge on any atom is -0.395 e. The lowest BCUT2D eigenvalue weighted by Crippen LogP contribution is -1.99. The van der Waals surface area contributed by atoms with Crippen LogP contribution in [0.5, 0.6) is 0 Å². The Hall–Kier alpha value is -0.960. The first-order valence-corrected chi connectivity index (χ1v) is 3.17. The van der Waals surface area contributed by atoms with E-state index in [0.717, 1.165) is 5.69 Å². The molecule has 0 saturated carbocycles. The number of nitrogens with zero attached hydrogens (tertiary/aromatic N) is 1. The molecule has 0 aliphatic rings. The second-order valence-corrected chi connectivity index (χ2v) is 2.45. The third kappa shape index (κ3) is 1.14. The van der Waals surface area contributed by atoms with Crippen molar-refractivity contribution in [3.8, 4) is 0 Å². The molecule has 0 aliphatic heterocycles. The maximum Gasteiger partial charge on any atom is 0.148 e. The van der Waals surface area contributed by atoms with E-state index >= 15 is 0 Å². The number of nitrogens with two attached hydrogens (primary N) is 2. The number of hydrogen-bond donors (Lipinski definition) is 2. The number of anilines is 2. The van der Waals surface area contributed by atoms with Gasteiger partial charge in [-0.05, 0) is 13.0 Å². The minimum atomic E-state index is 0.296. The molecule has 0 amide bonds. The number of aryl methyl sites for hydroxylation is 1. The molecule has 0 unspecified atom stereocenters. The van der Waals surface area contributed by atoms with E-state index in [2.05, 4.69) is 4.98 Å². The summed E-state index contributed by atoms with van der Waals surface area (Å²) in [5, 5.41) is 0.463. The summed E-state index contributed by atoms with van der Waals surface area (Å²) in [6.07, 6.45) is 0. The third-order valence-corrected chi connectivity index (χ3v) is 1.48. The van der Waals surface area contributed by atoms with Crippen LogP contribution in [0.3, 0.4) is 0 Å². The lowest BCUT2D eigenvalue weighted by atomic mass is 10.3. The Labute approximate surface area is 64.0 Å². The van der Waals surface area contributed by atoms with Gasteiger partial charge < -0.3 is 11.5 Å². The van der Waals surface area contributed by atoms with Crippen molar-refractivity contribution < 1.29 is 0 Å². The van der Waals surface area contributed by atoms with Crippen LogP contribution < -0.4 is 11.5 Å². The molecule has 1 rings (SSSR count). The highest BCUT2D eigenvalue weighted by atomic mass is 35.5. The molecule has 0 aliphatic carbocycles. The number of halogens is 1. The largest absolute Gasteiger partial charge is 0.395 e. The van der Waals surface area contributed by atoms with E-state index in [9.17, 15) is 0 Å². The maximum atomic E-state index is 5.67. The summed E-state index contributed by atoms with van der Waals surface area (Å²) in [6, 6.07) is 1.67. The van der Waals surface area contributed by atoms with E-state index < -0.39 is 0 Å². The molecule has 0 spiro atoms. The normalized spacial score (nSPS) is 9.80. The number of nitrogen functional groups attached to an aromatic ring is 2. The van der Waals surface area contributed by atoms with Gasteiger partial charge in [-0.15, -0.1) is 0 Å². The van der Waals surface area contributed by atoms with Gasteiger partial charge in [-0.3, -0.25) is 0 Å². The predicted octanol–water partition coefficient (Wildman–Crippen LogP) is 1.21. The summed E-state index contributed by atoms with van der Waals surface area (Å²) in [6.45, 7) is 1.81. The van der Waals surface area contributed by atoms with Gasteiger partial charge in [0.05, 0.1) is 10.7 Å². The molecule has 0 saturated heterocycles. The van der Waals surface area contributed by atoms with Crippen LogP contribution in [0.2, 0.25) is 5.02 Å². The molecule has 10 heavy (non-hydrogen) atoms. The first-order chi connectivity index (χ1) is 4.61. The summed E-state index contributed by atoms with van der Waals surface area (Å²) >= 11 is 5.67. The number of pyridine rings is 1. The van der Waals surface area contributed by atoms with Crippen LogP contribution in [0.25, 0.3) is 0 Å². The predicted molar refractivity (Wildman–Crippen MR) is 42.8 cm³/mol. The fourth-order valence-corrected chi connectivity index (χ4v) is 0.921. The quantitative estimate of drug-likeness (QED) is 0.595. The van der Waals surface area contributed by atoms with Crippen molar-refractivity contribution in [2.24, 2.45) is 0 Å². The van der Waals surface area contributed by atoms with E-state index in [0.29, 0.717) is 16.5 Å². The Morgan fingerprint density at radius 1 is 1.50 bits per heavy atom. The Kier molecular flexibility index (Phi) is 1.68. The fraction of sp³-hybridized carbons (Fsp3) is 0.167. The molecule has 1 heterocycles. The fourth-order valence-electron chi connectivity index (χ4n) is 0.666. The van der Waals surface area contributed by atoms with E-state index in [1.807, 2.05) is 6.92 Å². The van der Waals surface area contributed by atoms with Gasteiger partial charge in [-0.25, -0.2) is 4.98 Å². The molecule has 1 aromatic heterocycles. The van der Waals surface area contributed by atoms with Crippen molar-refractivity contribution in [1.82, 2.24) is 4.98 Å². The van der Waals surface area contributed by atoms with Gasteiger partial charge in [0.15, 0.2) is 0 Å². The van der Waals surface area contributed by atoms with Crippen molar-refractivity contribution in [3.05, 3.63) is 16.8 Å². The van der Waals surface area contributed by atoms with Crippen LogP contribution in [0.4, 0.5) is 11.5 Å². The van der Waals surface area contributed by atoms with Gasteiger partial charge in [-0.1, -0.05) is 11.6 Å². The molecule has 0 fully saturated rings. The van der Waals surface area contributed by atoms with Gasteiger partial charge in [0.2, 0.25) is 0 Å². The van der Waals surface area contributed by atoms with Gasteiger partial charge >= 0.3 is 0 Å². The molecule has 0 radical (unpaired) electrons. The molecule has 0 aromatic carbocycles. The monoisotopic (exact) mass is 157 g/mol. The molecule has 3 nitrogen and oxygen atoms in total. The molecule has 0 bridgehead atoms. The number of aromatic nitrogens is 1. The first kappa shape index (κ1) is 7.15. The zero-order valence-electron chi connectivity index (χ0n) is 5.56. The first-order valence-electron chi connectivity index (χ1n) is 2.79. The summed E-state index contributed by atoms with van der Waals surface area (Å²) in [4.78, 5) is 3.90. The number of rotatable bonds is 0. The molecular weight excluding hydrogens is 150 g/mol. The van der Waals surface area contributed by atoms with Crippen LogP contribution in [0, 0.1) is 6.92 Å². The molecule has 0 atom stereocenters. The average molecular weight is 158 g/mol. The van der Waals surface area contributed by atoms with Crippen molar-refractivity contribution in [2.45, 2.75) is 6.92 Å². The van der Waals surface area contributed by atoms with Crippen LogP contribution in [-0.2, 0) is 0 Å². The summed E-state index contributed by atoms with van der Waals surface area (Å²) in [7, 11) is 0. The highest BCUT2D eigenvalue weighted by Gasteiger charge is 2.01. The highest BCUT2D eigenvalue weighted by Crippen LogP contribution is 2.23. The smallest absolute Gasteiger partial charge is 0.148 e. The van der Waals surface area contributed by atoms with Crippen molar-refractivity contribution in [3.63, 3.8) is 0 Å². The highest BCUT2D eigenvalue weighted by molar-refractivity contribution is 6.33. The Morgan fingerprint density at radius 2 is 2.10 bits per heavy atom. The Balaban J connectivity index is 3.31. The lowest BCUT2D eigenvalue weighted by molar-refractivity contribution is 1.21. The summed E-state index contributed by atoms with van der Waals surface area (Å²) in [5.74, 6) is 0.296. The Bertz CT molecular complexity index is 236. The lowest BCUT2D eigenvalue weighted by Gasteiger charge is -2.01. The van der Waals surface area contributed by atoms with Crippen molar-refractivity contribution in [1.29, 1.82) is 0 Å². The molecule has 1 aromatic rings. The second-order valence-electron chi connectivity index (χ2n) is 2.04. The van der Waals surface area contributed by atoms with Gasteiger partial charge in [-0.2, -0.15) is 0 Å². The Morgan fingerprint density at radius 3 is 2.60 bits per heavy atom. The summed E-state index contributed by atoms with van der Waals surface area (Å²) in [5.41, 5.74) is 12.0. The van der Waals surface area contributed by atoms with Crippen LogP contribution >= 0.6 is 11.6 Å². The zero-order chi connectivity index (χ0) is 7.72. The molecule has 4 N–H and O–H groups in total. The topological polar surface area (TPSA) is 64.9 Å². The van der Waals surface area contributed by atoms with Crippen LogP contribution in [-0.4, -0.2) is 4.98 Å².